The van der Waals surface area contributed by atoms with Crippen LogP contribution < -0.4 is 15.4 Å². The lowest BCUT2D eigenvalue weighted by atomic mass is 9.99. The zero-order valence-electron chi connectivity index (χ0n) is 11.1. The second-order valence-corrected chi connectivity index (χ2v) is 5.08. The van der Waals surface area contributed by atoms with Crippen LogP contribution in [0, 0.1) is 0 Å². The first-order valence-electron chi connectivity index (χ1n) is 6.35. The molecule has 0 spiro atoms. The minimum atomic E-state index is 0.313. The third-order valence-electron chi connectivity index (χ3n) is 3.52. The zero-order chi connectivity index (χ0) is 14.1. The van der Waals surface area contributed by atoms with Crippen molar-refractivity contribution < 1.29 is 4.74 Å². The Bertz CT molecular complexity index is 647. The maximum Gasteiger partial charge on any atom is 0.153 e. The van der Waals surface area contributed by atoms with Gasteiger partial charge in [-0.2, -0.15) is 0 Å². The number of hydrogen-bond donors (Lipinski definition) is 1. The Morgan fingerprint density at radius 2 is 2.15 bits per heavy atom. The molecule has 0 bridgehead atoms. The van der Waals surface area contributed by atoms with E-state index in [-0.39, 0.29) is 0 Å². The van der Waals surface area contributed by atoms with Gasteiger partial charge in [-0.1, -0.05) is 17.7 Å². The Morgan fingerprint density at radius 3 is 2.95 bits per heavy atom. The van der Waals surface area contributed by atoms with Crippen LogP contribution in [0.4, 0.5) is 11.6 Å². The summed E-state index contributed by atoms with van der Waals surface area (Å²) in [6, 6.07) is 6.16. The van der Waals surface area contributed by atoms with Crippen LogP contribution in [0.25, 0.3) is 0 Å². The van der Waals surface area contributed by atoms with Gasteiger partial charge in [-0.05, 0) is 29.7 Å². The summed E-state index contributed by atoms with van der Waals surface area (Å²) in [6.45, 7) is 1.60. The summed E-state index contributed by atoms with van der Waals surface area (Å²) in [4.78, 5) is 10.3. The highest BCUT2D eigenvalue weighted by Crippen LogP contribution is 2.31. The molecule has 0 amide bonds. The lowest BCUT2D eigenvalue weighted by Gasteiger charge is -2.30. The fourth-order valence-corrected chi connectivity index (χ4v) is 2.65. The van der Waals surface area contributed by atoms with Gasteiger partial charge in [0, 0.05) is 13.1 Å². The van der Waals surface area contributed by atoms with E-state index in [0.29, 0.717) is 16.7 Å². The Labute approximate surface area is 122 Å². The number of hydrogen-bond acceptors (Lipinski definition) is 5. The molecule has 0 fully saturated rings. The Hall–Kier alpha value is -2.01. The fraction of sp³-hybridized carbons (Fsp3) is 0.286. The molecule has 0 unspecified atom stereocenters. The quantitative estimate of drug-likeness (QED) is 0.919. The van der Waals surface area contributed by atoms with Gasteiger partial charge < -0.3 is 15.4 Å². The molecule has 1 aromatic carbocycles. The van der Waals surface area contributed by atoms with Gasteiger partial charge in [0.05, 0.1) is 7.11 Å². The number of benzene rings is 1. The van der Waals surface area contributed by atoms with Crippen molar-refractivity contribution in [3.8, 4) is 5.75 Å². The van der Waals surface area contributed by atoms with Crippen molar-refractivity contribution in [1.82, 2.24) is 9.97 Å². The molecule has 1 aliphatic rings. The molecule has 2 heterocycles. The summed E-state index contributed by atoms with van der Waals surface area (Å²) in [6.07, 6.45) is 2.39. The highest BCUT2D eigenvalue weighted by Gasteiger charge is 2.21. The summed E-state index contributed by atoms with van der Waals surface area (Å²) in [5.41, 5.74) is 8.30. The SMILES string of the molecule is COc1ccc2c(c1)CN(c1ncnc(N)c1Cl)CC2. The van der Waals surface area contributed by atoms with Gasteiger partial charge in [-0.15, -0.1) is 0 Å². The molecule has 1 aliphatic heterocycles. The molecule has 2 aromatic rings. The van der Waals surface area contributed by atoms with Crippen molar-refractivity contribution in [3.63, 3.8) is 0 Å². The first-order valence-corrected chi connectivity index (χ1v) is 6.73. The van der Waals surface area contributed by atoms with Crippen LogP contribution in [0.2, 0.25) is 5.02 Å². The molecule has 3 rings (SSSR count). The zero-order valence-corrected chi connectivity index (χ0v) is 11.9. The fourth-order valence-electron chi connectivity index (χ4n) is 2.44. The second kappa shape index (κ2) is 5.17. The number of anilines is 2. The standard InChI is InChI=1S/C14H15ClN4O/c1-20-11-3-2-9-4-5-19(7-10(9)6-11)14-12(15)13(16)17-8-18-14/h2-3,6,8H,4-5,7H2,1H3,(H2,16,17,18). The summed E-state index contributed by atoms with van der Waals surface area (Å²) in [5, 5.41) is 0.416. The molecule has 20 heavy (non-hydrogen) atoms. The molecule has 0 radical (unpaired) electrons. The number of ether oxygens (including phenoxy) is 1. The van der Waals surface area contributed by atoms with Crippen molar-refractivity contribution >= 4 is 23.2 Å². The van der Waals surface area contributed by atoms with Crippen LogP contribution >= 0.6 is 11.6 Å². The average molecular weight is 291 g/mol. The van der Waals surface area contributed by atoms with E-state index in [4.69, 9.17) is 22.1 Å². The van der Waals surface area contributed by atoms with Gasteiger partial charge in [0.2, 0.25) is 0 Å². The van der Waals surface area contributed by atoms with E-state index in [1.807, 2.05) is 6.07 Å². The van der Waals surface area contributed by atoms with Gasteiger partial charge in [-0.3, -0.25) is 0 Å². The lowest BCUT2D eigenvalue weighted by Crippen LogP contribution is -2.31. The summed E-state index contributed by atoms with van der Waals surface area (Å²) in [5.74, 6) is 1.86. The minimum absolute atomic E-state index is 0.313. The van der Waals surface area contributed by atoms with E-state index in [0.717, 1.165) is 25.3 Å². The third-order valence-corrected chi connectivity index (χ3v) is 3.89. The van der Waals surface area contributed by atoms with E-state index < -0.39 is 0 Å². The summed E-state index contributed by atoms with van der Waals surface area (Å²) < 4.78 is 5.27. The van der Waals surface area contributed by atoms with E-state index in [2.05, 4.69) is 27.0 Å². The van der Waals surface area contributed by atoms with Crippen LogP contribution in [0.3, 0.4) is 0 Å². The lowest BCUT2D eigenvalue weighted by molar-refractivity contribution is 0.413. The monoisotopic (exact) mass is 290 g/mol. The Kier molecular flexibility index (Phi) is 3.36. The molecule has 5 nitrogen and oxygen atoms in total. The number of aromatic nitrogens is 2. The number of rotatable bonds is 2. The largest absolute Gasteiger partial charge is 0.497 e. The Balaban J connectivity index is 1.93. The van der Waals surface area contributed by atoms with Crippen molar-refractivity contribution in [3.05, 3.63) is 40.7 Å². The van der Waals surface area contributed by atoms with Crippen LogP contribution in [0.15, 0.2) is 24.5 Å². The second-order valence-electron chi connectivity index (χ2n) is 4.70. The predicted molar refractivity (Wildman–Crippen MR) is 79.2 cm³/mol. The van der Waals surface area contributed by atoms with Gasteiger partial charge >= 0.3 is 0 Å². The van der Waals surface area contributed by atoms with Crippen molar-refractivity contribution in [2.24, 2.45) is 0 Å². The van der Waals surface area contributed by atoms with Crippen LogP contribution in [-0.4, -0.2) is 23.6 Å². The molecule has 1 aromatic heterocycles. The third kappa shape index (κ3) is 2.25. The van der Waals surface area contributed by atoms with Crippen molar-refractivity contribution in [1.29, 1.82) is 0 Å². The number of nitrogens with two attached hydrogens (primary N) is 1. The van der Waals surface area contributed by atoms with Gasteiger partial charge in [0.25, 0.3) is 0 Å². The number of halogens is 1. The number of methoxy groups -OCH3 is 1. The van der Waals surface area contributed by atoms with Crippen molar-refractivity contribution in [2.75, 3.05) is 24.3 Å². The van der Waals surface area contributed by atoms with Crippen LogP contribution in [0.5, 0.6) is 5.75 Å². The van der Waals surface area contributed by atoms with E-state index in [1.165, 1.54) is 17.5 Å². The van der Waals surface area contributed by atoms with Gasteiger partial charge in [-0.25, -0.2) is 9.97 Å². The maximum absolute atomic E-state index is 6.20. The normalized spacial score (nSPS) is 14.0. The highest BCUT2D eigenvalue weighted by molar-refractivity contribution is 6.35. The number of fused-ring (bicyclic) bond motifs is 1. The molecule has 6 heteroatoms. The Morgan fingerprint density at radius 1 is 1.30 bits per heavy atom. The maximum atomic E-state index is 6.20. The van der Waals surface area contributed by atoms with Gasteiger partial charge in [0.1, 0.15) is 22.9 Å². The predicted octanol–water partition coefficient (Wildman–Crippen LogP) is 2.28. The van der Waals surface area contributed by atoms with E-state index in [1.54, 1.807) is 7.11 Å². The van der Waals surface area contributed by atoms with E-state index in [9.17, 15) is 0 Å². The van der Waals surface area contributed by atoms with Crippen LogP contribution in [0.1, 0.15) is 11.1 Å². The molecule has 2 N–H and O–H groups in total. The topological polar surface area (TPSA) is 64.3 Å². The molecule has 0 aliphatic carbocycles. The smallest absolute Gasteiger partial charge is 0.153 e. The molecular weight excluding hydrogens is 276 g/mol. The molecule has 104 valence electrons. The molecule has 0 atom stereocenters. The van der Waals surface area contributed by atoms with E-state index >= 15 is 0 Å². The first-order chi connectivity index (χ1) is 9.69. The van der Waals surface area contributed by atoms with Crippen molar-refractivity contribution in [2.45, 2.75) is 13.0 Å². The first kappa shape index (κ1) is 13.0. The van der Waals surface area contributed by atoms with Crippen LogP contribution in [-0.2, 0) is 13.0 Å². The minimum Gasteiger partial charge on any atom is -0.497 e. The highest BCUT2D eigenvalue weighted by atomic mass is 35.5. The average Bonchev–Trinajstić information content (AvgIpc) is 2.49. The molecular formula is C14H15ClN4O. The summed E-state index contributed by atoms with van der Waals surface area (Å²) in [7, 11) is 1.67. The van der Waals surface area contributed by atoms with Gasteiger partial charge in [0.15, 0.2) is 5.82 Å². The number of nitrogens with zero attached hydrogens (tertiary/aromatic N) is 3. The molecule has 0 saturated carbocycles. The molecule has 0 saturated heterocycles. The summed E-state index contributed by atoms with van der Waals surface area (Å²) >= 11 is 6.20. The number of nitrogen functional groups attached to an aromatic ring is 1.